The molecule has 0 aromatic heterocycles. The summed E-state index contributed by atoms with van der Waals surface area (Å²) in [5.74, 6) is -0.325. The highest BCUT2D eigenvalue weighted by molar-refractivity contribution is 5.82. The molecule has 1 aliphatic heterocycles. The molecule has 13 heavy (non-hydrogen) atoms. The zero-order valence-corrected chi connectivity index (χ0v) is 7.64. The summed E-state index contributed by atoms with van der Waals surface area (Å²) in [5.41, 5.74) is 0. The number of ether oxygens (including phenoxy) is 1. The molecule has 1 aliphatic rings. The van der Waals surface area contributed by atoms with Crippen molar-refractivity contribution in [2.24, 2.45) is 0 Å². The molecule has 1 rings (SSSR count). The van der Waals surface area contributed by atoms with Gasteiger partial charge in [-0.2, -0.15) is 0 Å². The number of carbonyl (C=O) groups excluding carboxylic acids is 1. The summed E-state index contributed by atoms with van der Waals surface area (Å²) in [6, 6.07) is 0. The van der Waals surface area contributed by atoms with Gasteiger partial charge in [-0.3, -0.25) is 0 Å². The zero-order valence-electron chi connectivity index (χ0n) is 7.64. The van der Waals surface area contributed by atoms with Crippen molar-refractivity contribution in [2.75, 3.05) is 0 Å². The maximum Gasteiger partial charge on any atom is 0.331 e. The molecular formula is C10H14O3. The van der Waals surface area contributed by atoms with Gasteiger partial charge >= 0.3 is 5.97 Å². The predicted molar refractivity (Wildman–Crippen MR) is 49.1 cm³/mol. The fourth-order valence-corrected chi connectivity index (χ4v) is 1.12. The van der Waals surface area contributed by atoms with Crippen LogP contribution in [0.2, 0.25) is 0 Å². The van der Waals surface area contributed by atoms with Gasteiger partial charge in [0, 0.05) is 6.08 Å². The van der Waals surface area contributed by atoms with Crippen LogP contribution in [0.15, 0.2) is 24.3 Å². The van der Waals surface area contributed by atoms with Gasteiger partial charge in [0.05, 0.1) is 12.2 Å². The lowest BCUT2D eigenvalue weighted by Crippen LogP contribution is -2.16. The van der Waals surface area contributed by atoms with Crippen molar-refractivity contribution in [1.29, 1.82) is 0 Å². The summed E-state index contributed by atoms with van der Waals surface area (Å²) >= 11 is 0. The van der Waals surface area contributed by atoms with E-state index in [1.807, 2.05) is 6.92 Å². The number of rotatable bonds is 0. The second-order valence-corrected chi connectivity index (χ2v) is 3.14. The minimum atomic E-state index is -0.441. The predicted octanol–water partition coefficient (Wildman–Crippen LogP) is 1.19. The Morgan fingerprint density at radius 3 is 3.00 bits per heavy atom. The molecule has 0 unspecified atom stereocenters. The fourth-order valence-electron chi connectivity index (χ4n) is 1.12. The molecular weight excluding hydrogens is 168 g/mol. The van der Waals surface area contributed by atoms with Gasteiger partial charge in [0.2, 0.25) is 0 Å². The van der Waals surface area contributed by atoms with Crippen LogP contribution in [0.1, 0.15) is 19.8 Å². The van der Waals surface area contributed by atoms with Crippen molar-refractivity contribution in [1.82, 2.24) is 0 Å². The van der Waals surface area contributed by atoms with Crippen molar-refractivity contribution in [3.05, 3.63) is 24.3 Å². The molecule has 0 saturated heterocycles. The van der Waals surface area contributed by atoms with Gasteiger partial charge in [0.1, 0.15) is 0 Å². The van der Waals surface area contributed by atoms with Crippen molar-refractivity contribution < 1.29 is 14.6 Å². The average molecular weight is 182 g/mol. The van der Waals surface area contributed by atoms with Gasteiger partial charge in [-0.1, -0.05) is 18.2 Å². The molecule has 1 heterocycles. The highest BCUT2D eigenvalue weighted by atomic mass is 16.5. The van der Waals surface area contributed by atoms with Crippen molar-refractivity contribution in [2.45, 2.75) is 32.0 Å². The van der Waals surface area contributed by atoms with Crippen LogP contribution in [0.25, 0.3) is 0 Å². The Kier molecular flexibility index (Phi) is 3.71. The Morgan fingerprint density at radius 2 is 2.23 bits per heavy atom. The molecule has 0 fully saturated rings. The van der Waals surface area contributed by atoms with Gasteiger partial charge in [0.15, 0.2) is 0 Å². The largest absolute Gasteiger partial charge is 0.460 e. The third kappa shape index (κ3) is 3.90. The van der Waals surface area contributed by atoms with Crippen molar-refractivity contribution in [3.63, 3.8) is 0 Å². The molecule has 2 atom stereocenters. The van der Waals surface area contributed by atoms with Crippen LogP contribution in [-0.4, -0.2) is 23.3 Å². The number of aliphatic hydroxyl groups excluding tert-OH is 1. The first-order chi connectivity index (χ1) is 6.18. The van der Waals surface area contributed by atoms with Crippen LogP contribution in [0, 0.1) is 0 Å². The number of aliphatic hydroxyl groups is 1. The van der Waals surface area contributed by atoms with E-state index >= 15 is 0 Å². The lowest BCUT2D eigenvalue weighted by atomic mass is 10.1. The Hall–Kier alpha value is -1.09. The summed E-state index contributed by atoms with van der Waals surface area (Å²) in [6.07, 6.45) is 6.99. The van der Waals surface area contributed by atoms with E-state index in [-0.39, 0.29) is 12.1 Å². The highest BCUT2D eigenvalue weighted by Crippen LogP contribution is 2.07. The summed E-state index contributed by atoms with van der Waals surface area (Å²) in [4.78, 5) is 11.0. The monoisotopic (exact) mass is 182 g/mol. The van der Waals surface area contributed by atoms with Gasteiger partial charge < -0.3 is 9.84 Å². The number of hydrogen-bond acceptors (Lipinski definition) is 3. The van der Waals surface area contributed by atoms with Crippen LogP contribution < -0.4 is 0 Å². The van der Waals surface area contributed by atoms with Gasteiger partial charge in [-0.25, -0.2) is 4.79 Å². The van der Waals surface area contributed by atoms with E-state index in [2.05, 4.69) is 0 Å². The number of hydrogen-bond donors (Lipinski definition) is 1. The first-order valence-electron chi connectivity index (χ1n) is 4.42. The van der Waals surface area contributed by atoms with Crippen LogP contribution in [0.3, 0.4) is 0 Å². The Morgan fingerprint density at radius 1 is 1.46 bits per heavy atom. The quantitative estimate of drug-likeness (QED) is 0.572. The standard InChI is InChI=1S/C10H14O3/c1-8-6-7-9(11)4-2-3-5-10(12)13-8/h2-5,8-9,11H,6-7H2,1H3/b4-2+,5-3-/t8-,9+/m0/s1. The average Bonchev–Trinajstić information content (AvgIpc) is 2.08. The van der Waals surface area contributed by atoms with Crippen LogP contribution in [-0.2, 0) is 9.53 Å². The summed E-state index contributed by atoms with van der Waals surface area (Å²) < 4.78 is 5.00. The molecule has 72 valence electrons. The Bertz CT molecular complexity index is 230. The van der Waals surface area contributed by atoms with Gasteiger partial charge in [0.25, 0.3) is 0 Å². The molecule has 0 aromatic rings. The number of cyclic esters (lactones) is 1. The molecule has 1 N–H and O–H groups in total. The summed E-state index contributed by atoms with van der Waals surface area (Å²) in [7, 11) is 0. The third-order valence-corrected chi connectivity index (χ3v) is 1.86. The van der Waals surface area contributed by atoms with E-state index < -0.39 is 6.10 Å². The van der Waals surface area contributed by atoms with Crippen LogP contribution in [0.4, 0.5) is 0 Å². The zero-order chi connectivity index (χ0) is 9.68. The van der Waals surface area contributed by atoms with E-state index in [0.717, 1.165) is 0 Å². The molecule has 0 aliphatic carbocycles. The molecule has 3 heteroatoms. The van der Waals surface area contributed by atoms with E-state index in [1.165, 1.54) is 6.08 Å². The first-order valence-corrected chi connectivity index (χ1v) is 4.42. The molecule has 0 spiro atoms. The Balaban J connectivity index is 2.62. The molecule has 0 saturated carbocycles. The van der Waals surface area contributed by atoms with Gasteiger partial charge in [-0.15, -0.1) is 0 Å². The van der Waals surface area contributed by atoms with E-state index in [0.29, 0.717) is 12.8 Å². The maximum absolute atomic E-state index is 11.0. The topological polar surface area (TPSA) is 46.5 Å². The van der Waals surface area contributed by atoms with E-state index in [9.17, 15) is 9.90 Å². The van der Waals surface area contributed by atoms with Crippen molar-refractivity contribution >= 4 is 5.97 Å². The minimum absolute atomic E-state index is 0.127. The number of esters is 1. The minimum Gasteiger partial charge on any atom is -0.460 e. The number of allylic oxidation sites excluding steroid dienone is 2. The second-order valence-electron chi connectivity index (χ2n) is 3.14. The third-order valence-electron chi connectivity index (χ3n) is 1.86. The van der Waals surface area contributed by atoms with E-state index in [4.69, 9.17) is 4.74 Å². The normalized spacial score (nSPS) is 34.8. The molecule has 0 radical (unpaired) electrons. The fraction of sp³-hybridized carbons (Fsp3) is 0.500. The smallest absolute Gasteiger partial charge is 0.331 e. The van der Waals surface area contributed by atoms with Crippen LogP contribution >= 0.6 is 0 Å². The molecule has 0 amide bonds. The lowest BCUT2D eigenvalue weighted by Gasteiger charge is -2.13. The first kappa shape index (κ1) is 9.99. The van der Waals surface area contributed by atoms with E-state index in [1.54, 1.807) is 18.2 Å². The second kappa shape index (κ2) is 4.82. The Labute approximate surface area is 77.7 Å². The summed E-state index contributed by atoms with van der Waals surface area (Å²) in [5, 5.41) is 9.35. The summed E-state index contributed by atoms with van der Waals surface area (Å²) in [6.45, 7) is 1.82. The van der Waals surface area contributed by atoms with Crippen molar-refractivity contribution in [3.8, 4) is 0 Å². The SMILES string of the molecule is C[C@H]1CC[C@H](O)/C=C/C=C\C(=O)O1. The van der Waals surface area contributed by atoms with Gasteiger partial charge in [-0.05, 0) is 19.8 Å². The highest BCUT2D eigenvalue weighted by Gasteiger charge is 2.09. The molecule has 0 aromatic carbocycles. The number of carbonyl (C=O) groups is 1. The molecule has 3 nitrogen and oxygen atoms in total. The van der Waals surface area contributed by atoms with Crippen LogP contribution in [0.5, 0.6) is 0 Å². The maximum atomic E-state index is 11.0. The lowest BCUT2D eigenvalue weighted by molar-refractivity contribution is -0.142. The molecule has 0 bridgehead atoms.